The Morgan fingerprint density at radius 1 is 1.35 bits per heavy atom. The van der Waals surface area contributed by atoms with E-state index in [1.165, 1.54) is 11.3 Å². The van der Waals surface area contributed by atoms with Gasteiger partial charge in [-0.3, -0.25) is 0 Å². The van der Waals surface area contributed by atoms with Crippen LogP contribution in [0.4, 0.5) is 0 Å². The standard InChI is InChI=1S/C15H15N3O4S/c1-8(2)13-12(9(3)17-21-13)15(19)20-6-11-16-14(22-18-11)10-4-5-23-7-10/h4-5,7-8H,6H2,1-3H3. The van der Waals surface area contributed by atoms with Crippen molar-refractivity contribution in [3.63, 3.8) is 0 Å². The zero-order valence-electron chi connectivity index (χ0n) is 12.9. The molecule has 0 aromatic carbocycles. The van der Waals surface area contributed by atoms with Gasteiger partial charge in [-0.2, -0.15) is 16.3 Å². The summed E-state index contributed by atoms with van der Waals surface area (Å²) < 4.78 is 15.6. The van der Waals surface area contributed by atoms with Gasteiger partial charge in [0.05, 0.1) is 11.3 Å². The molecular weight excluding hydrogens is 318 g/mol. The van der Waals surface area contributed by atoms with Gasteiger partial charge in [-0.1, -0.05) is 24.2 Å². The van der Waals surface area contributed by atoms with E-state index in [2.05, 4.69) is 15.3 Å². The monoisotopic (exact) mass is 333 g/mol. The number of carbonyl (C=O) groups is 1. The summed E-state index contributed by atoms with van der Waals surface area (Å²) in [7, 11) is 0. The highest BCUT2D eigenvalue weighted by Crippen LogP contribution is 2.24. The number of nitrogens with zero attached hydrogens (tertiary/aromatic N) is 3. The summed E-state index contributed by atoms with van der Waals surface area (Å²) in [5, 5.41) is 11.5. The molecule has 3 aromatic heterocycles. The van der Waals surface area contributed by atoms with Crippen LogP contribution in [0.3, 0.4) is 0 Å². The molecular formula is C15H15N3O4S. The fraction of sp³-hybridized carbons (Fsp3) is 0.333. The lowest BCUT2D eigenvalue weighted by Gasteiger charge is -2.04. The molecule has 23 heavy (non-hydrogen) atoms. The van der Waals surface area contributed by atoms with Crippen LogP contribution in [0.15, 0.2) is 25.9 Å². The Balaban J connectivity index is 1.69. The first-order valence-electron chi connectivity index (χ1n) is 7.04. The van der Waals surface area contributed by atoms with Crippen molar-refractivity contribution in [3.05, 3.63) is 39.7 Å². The van der Waals surface area contributed by atoms with Gasteiger partial charge in [0.2, 0.25) is 5.82 Å². The predicted octanol–water partition coefficient (Wildman–Crippen LogP) is 3.57. The summed E-state index contributed by atoms with van der Waals surface area (Å²) in [6.45, 7) is 5.47. The lowest BCUT2D eigenvalue weighted by molar-refractivity contribution is 0.0455. The van der Waals surface area contributed by atoms with Crippen molar-refractivity contribution in [2.24, 2.45) is 0 Å². The molecule has 0 aliphatic rings. The minimum absolute atomic E-state index is 0.0362. The Hall–Kier alpha value is -2.48. The molecule has 0 atom stereocenters. The maximum atomic E-state index is 12.3. The fourth-order valence-corrected chi connectivity index (χ4v) is 2.68. The van der Waals surface area contributed by atoms with E-state index in [0.29, 0.717) is 28.7 Å². The van der Waals surface area contributed by atoms with Gasteiger partial charge in [0, 0.05) is 11.3 Å². The number of hydrogen-bond donors (Lipinski definition) is 0. The zero-order chi connectivity index (χ0) is 16.4. The Labute approximate surface area is 136 Å². The Kier molecular flexibility index (Phi) is 4.24. The van der Waals surface area contributed by atoms with E-state index in [9.17, 15) is 4.79 Å². The van der Waals surface area contributed by atoms with Crippen LogP contribution in [-0.2, 0) is 11.3 Å². The maximum absolute atomic E-state index is 12.3. The second kappa shape index (κ2) is 6.33. The minimum atomic E-state index is -0.505. The molecule has 0 N–H and O–H groups in total. The maximum Gasteiger partial charge on any atom is 0.344 e. The van der Waals surface area contributed by atoms with Crippen LogP contribution in [0, 0.1) is 6.92 Å². The smallest absolute Gasteiger partial charge is 0.344 e. The molecule has 0 amide bonds. The lowest BCUT2D eigenvalue weighted by atomic mass is 10.1. The van der Waals surface area contributed by atoms with Crippen LogP contribution >= 0.6 is 11.3 Å². The number of hydrogen-bond acceptors (Lipinski definition) is 8. The third-order valence-electron chi connectivity index (χ3n) is 3.19. The molecule has 7 nitrogen and oxygen atoms in total. The van der Waals surface area contributed by atoms with Crippen molar-refractivity contribution in [1.29, 1.82) is 0 Å². The summed E-state index contributed by atoms with van der Waals surface area (Å²) in [5.74, 6) is 0.754. The van der Waals surface area contributed by atoms with Crippen LogP contribution in [0.1, 0.15) is 47.4 Å². The summed E-state index contributed by atoms with van der Waals surface area (Å²) in [4.78, 5) is 16.5. The van der Waals surface area contributed by atoms with E-state index in [0.717, 1.165) is 5.56 Å². The van der Waals surface area contributed by atoms with Gasteiger partial charge in [0.25, 0.3) is 5.89 Å². The molecule has 8 heteroatoms. The number of carbonyl (C=O) groups excluding carboxylic acids is 1. The van der Waals surface area contributed by atoms with Gasteiger partial charge in [-0.25, -0.2) is 4.79 Å². The van der Waals surface area contributed by atoms with Crippen LogP contribution < -0.4 is 0 Å². The first-order chi connectivity index (χ1) is 11.1. The summed E-state index contributed by atoms with van der Waals surface area (Å²) in [6, 6.07) is 1.88. The highest BCUT2D eigenvalue weighted by Gasteiger charge is 2.24. The zero-order valence-corrected chi connectivity index (χ0v) is 13.7. The number of thiophene rings is 1. The molecule has 0 saturated carbocycles. The number of ether oxygens (including phenoxy) is 1. The molecule has 0 aliphatic heterocycles. The van der Waals surface area contributed by atoms with Crippen LogP contribution in [-0.4, -0.2) is 21.3 Å². The van der Waals surface area contributed by atoms with E-state index < -0.39 is 5.97 Å². The Morgan fingerprint density at radius 2 is 2.17 bits per heavy atom. The van der Waals surface area contributed by atoms with E-state index in [-0.39, 0.29) is 12.5 Å². The van der Waals surface area contributed by atoms with Crippen molar-refractivity contribution in [2.75, 3.05) is 0 Å². The molecule has 0 aliphatic carbocycles. The van der Waals surface area contributed by atoms with Crippen LogP contribution in [0.5, 0.6) is 0 Å². The molecule has 120 valence electrons. The molecule has 0 unspecified atom stereocenters. The molecule has 3 aromatic rings. The molecule has 3 heterocycles. The van der Waals surface area contributed by atoms with Gasteiger partial charge in [0.15, 0.2) is 12.4 Å². The van der Waals surface area contributed by atoms with Crippen LogP contribution in [0.2, 0.25) is 0 Å². The second-order valence-electron chi connectivity index (χ2n) is 5.27. The van der Waals surface area contributed by atoms with E-state index in [1.807, 2.05) is 30.7 Å². The number of esters is 1. The van der Waals surface area contributed by atoms with Crippen molar-refractivity contribution in [3.8, 4) is 11.5 Å². The average molecular weight is 333 g/mol. The normalized spacial score (nSPS) is 11.1. The summed E-state index contributed by atoms with van der Waals surface area (Å²) >= 11 is 1.54. The quantitative estimate of drug-likeness (QED) is 0.659. The topological polar surface area (TPSA) is 91.2 Å². The summed E-state index contributed by atoms with van der Waals surface area (Å²) in [6.07, 6.45) is 0. The van der Waals surface area contributed by atoms with Gasteiger partial charge in [0.1, 0.15) is 5.56 Å². The molecule has 3 rings (SSSR count). The van der Waals surface area contributed by atoms with Gasteiger partial charge in [-0.05, 0) is 18.4 Å². The minimum Gasteiger partial charge on any atom is -0.454 e. The van der Waals surface area contributed by atoms with Crippen molar-refractivity contribution < 1.29 is 18.6 Å². The fourth-order valence-electron chi connectivity index (χ4n) is 2.05. The van der Waals surface area contributed by atoms with Gasteiger partial charge >= 0.3 is 5.97 Å². The second-order valence-corrected chi connectivity index (χ2v) is 6.05. The first kappa shape index (κ1) is 15.4. The predicted molar refractivity (Wildman–Crippen MR) is 82.1 cm³/mol. The third-order valence-corrected chi connectivity index (χ3v) is 3.87. The first-order valence-corrected chi connectivity index (χ1v) is 7.99. The highest BCUT2D eigenvalue weighted by atomic mass is 32.1. The largest absolute Gasteiger partial charge is 0.454 e. The third kappa shape index (κ3) is 3.16. The number of rotatable bonds is 5. The average Bonchev–Trinajstić information content (AvgIpc) is 3.24. The Morgan fingerprint density at radius 3 is 2.87 bits per heavy atom. The Bertz CT molecular complexity index is 805. The molecule has 0 fully saturated rings. The molecule has 0 bridgehead atoms. The summed E-state index contributed by atoms with van der Waals surface area (Å²) in [5.41, 5.74) is 1.71. The highest BCUT2D eigenvalue weighted by molar-refractivity contribution is 7.08. The van der Waals surface area contributed by atoms with E-state index in [1.54, 1.807) is 6.92 Å². The SMILES string of the molecule is Cc1noc(C(C)C)c1C(=O)OCc1noc(-c2ccsc2)n1. The van der Waals surface area contributed by atoms with Crippen molar-refractivity contribution in [1.82, 2.24) is 15.3 Å². The van der Waals surface area contributed by atoms with E-state index >= 15 is 0 Å². The van der Waals surface area contributed by atoms with E-state index in [4.69, 9.17) is 13.8 Å². The van der Waals surface area contributed by atoms with Gasteiger partial charge < -0.3 is 13.8 Å². The van der Waals surface area contributed by atoms with Crippen LogP contribution in [0.25, 0.3) is 11.5 Å². The van der Waals surface area contributed by atoms with Crippen molar-refractivity contribution >= 4 is 17.3 Å². The van der Waals surface area contributed by atoms with Gasteiger partial charge in [-0.15, -0.1) is 0 Å². The van der Waals surface area contributed by atoms with Crippen molar-refractivity contribution in [2.45, 2.75) is 33.3 Å². The molecule has 0 radical (unpaired) electrons. The lowest BCUT2D eigenvalue weighted by Crippen LogP contribution is -2.09. The number of aromatic nitrogens is 3. The molecule has 0 spiro atoms. The molecule has 0 saturated heterocycles. The number of aryl methyl sites for hydroxylation is 1.